The zero-order chi connectivity index (χ0) is 14.1. The molecule has 1 heterocycles. The quantitative estimate of drug-likeness (QED) is 0.746. The molecule has 0 aliphatic carbocycles. The van der Waals surface area contributed by atoms with Crippen LogP contribution >= 0.6 is 15.9 Å². The molecule has 1 aromatic heterocycles. The van der Waals surface area contributed by atoms with Crippen molar-refractivity contribution in [2.45, 2.75) is 6.54 Å². The van der Waals surface area contributed by atoms with Crippen LogP contribution < -0.4 is 10.6 Å². The summed E-state index contributed by atoms with van der Waals surface area (Å²) in [6.45, 7) is 0.763. The maximum absolute atomic E-state index is 5.85. The van der Waals surface area contributed by atoms with E-state index >= 15 is 0 Å². The molecule has 0 atom stereocenters. The Labute approximate surface area is 124 Å². The van der Waals surface area contributed by atoms with Crippen LogP contribution in [0.5, 0.6) is 0 Å². The number of aromatic nitrogens is 2. The largest absolute Gasteiger partial charge is 0.397 e. The lowest BCUT2D eigenvalue weighted by Crippen LogP contribution is -2.16. The Morgan fingerprint density at radius 2 is 1.80 bits per heavy atom. The minimum absolute atomic E-state index is 0.571. The monoisotopic (exact) mass is 332 g/mol. The van der Waals surface area contributed by atoms with Crippen molar-refractivity contribution in [1.29, 1.82) is 0 Å². The first-order valence-corrected chi connectivity index (χ1v) is 6.91. The van der Waals surface area contributed by atoms with E-state index in [1.807, 2.05) is 31.3 Å². The summed E-state index contributed by atoms with van der Waals surface area (Å²) >= 11 is 3.43. The lowest BCUT2D eigenvalue weighted by molar-refractivity contribution is 0.315. The summed E-state index contributed by atoms with van der Waals surface area (Å²) in [6.07, 6.45) is 0. The van der Waals surface area contributed by atoms with E-state index in [2.05, 4.69) is 43.3 Å². The van der Waals surface area contributed by atoms with Gasteiger partial charge < -0.3 is 10.6 Å². The molecule has 0 saturated carbocycles. The molecule has 2 N–H and O–H groups in total. The molecule has 0 saturated heterocycles. The summed E-state index contributed by atoms with van der Waals surface area (Å²) in [5, 5.41) is 7.78. The lowest BCUT2D eigenvalue weighted by atomic mass is 10.2. The second kappa shape index (κ2) is 5.13. The number of fused-ring (bicyclic) bond motifs is 1. The van der Waals surface area contributed by atoms with Gasteiger partial charge in [-0.1, -0.05) is 28.1 Å². The number of nitrogen functional groups attached to an aromatic ring is 1. The van der Waals surface area contributed by atoms with Gasteiger partial charge in [-0.2, -0.15) is 0 Å². The predicted octanol–water partition coefficient (Wildman–Crippen LogP) is 3.20. The lowest BCUT2D eigenvalue weighted by Gasteiger charge is -2.19. The van der Waals surface area contributed by atoms with Gasteiger partial charge in [0.1, 0.15) is 0 Å². The fraction of sp³-hybridized carbons (Fsp3) is 0.143. The molecule has 0 spiro atoms. The highest BCUT2D eigenvalue weighted by molar-refractivity contribution is 9.10. The Morgan fingerprint density at radius 1 is 1.10 bits per heavy atom. The Hall–Kier alpha value is -2.08. The fourth-order valence-electron chi connectivity index (χ4n) is 2.13. The van der Waals surface area contributed by atoms with Gasteiger partial charge >= 0.3 is 0 Å². The van der Waals surface area contributed by atoms with Gasteiger partial charge in [-0.3, -0.25) is 0 Å². The number of hydrogen-bond donors (Lipinski definition) is 1. The van der Waals surface area contributed by atoms with E-state index in [0.29, 0.717) is 16.7 Å². The Morgan fingerprint density at radius 3 is 2.55 bits per heavy atom. The van der Waals surface area contributed by atoms with Gasteiger partial charge in [0.15, 0.2) is 11.0 Å². The van der Waals surface area contributed by atoms with Crippen molar-refractivity contribution < 1.29 is 4.63 Å². The average Bonchev–Trinajstić information content (AvgIpc) is 2.92. The smallest absolute Gasteiger partial charge is 0.160 e. The third-order valence-corrected chi connectivity index (χ3v) is 3.70. The molecule has 20 heavy (non-hydrogen) atoms. The summed E-state index contributed by atoms with van der Waals surface area (Å²) in [5.74, 6) is 0. The Kier molecular flexibility index (Phi) is 3.31. The molecule has 0 aliphatic heterocycles. The maximum Gasteiger partial charge on any atom is 0.160 e. The van der Waals surface area contributed by atoms with E-state index in [4.69, 9.17) is 10.4 Å². The number of nitrogens with zero attached hydrogens (tertiary/aromatic N) is 3. The first-order valence-electron chi connectivity index (χ1n) is 6.11. The second-order valence-corrected chi connectivity index (χ2v) is 5.53. The first-order chi connectivity index (χ1) is 9.65. The highest BCUT2D eigenvalue weighted by atomic mass is 79.9. The van der Waals surface area contributed by atoms with E-state index in [9.17, 15) is 0 Å². The first kappa shape index (κ1) is 12.9. The summed E-state index contributed by atoms with van der Waals surface area (Å²) in [6, 6.07) is 12.0. The SMILES string of the molecule is CN(Cc1ccc(Br)cc1)c1ccc(N)c2nonc12. The molecular formula is C14H13BrN4O. The highest BCUT2D eigenvalue weighted by Crippen LogP contribution is 2.28. The van der Waals surface area contributed by atoms with Gasteiger partial charge in [0.2, 0.25) is 0 Å². The maximum atomic E-state index is 5.85. The summed E-state index contributed by atoms with van der Waals surface area (Å²) < 4.78 is 5.86. The molecule has 5 nitrogen and oxygen atoms in total. The van der Waals surface area contributed by atoms with Gasteiger partial charge in [0.25, 0.3) is 0 Å². The summed E-state index contributed by atoms with van der Waals surface area (Å²) in [5.41, 5.74) is 9.86. The van der Waals surface area contributed by atoms with E-state index in [-0.39, 0.29) is 0 Å². The molecule has 3 rings (SSSR count). The molecule has 6 heteroatoms. The van der Waals surface area contributed by atoms with Gasteiger partial charge in [-0.05, 0) is 40.1 Å². The molecule has 102 valence electrons. The Balaban J connectivity index is 1.92. The summed E-state index contributed by atoms with van der Waals surface area (Å²) in [4.78, 5) is 2.09. The minimum Gasteiger partial charge on any atom is -0.397 e. The van der Waals surface area contributed by atoms with Crippen LogP contribution in [0.25, 0.3) is 11.0 Å². The predicted molar refractivity (Wildman–Crippen MR) is 82.5 cm³/mol. The van der Waals surface area contributed by atoms with Crippen LogP contribution in [-0.4, -0.2) is 17.4 Å². The molecule has 0 radical (unpaired) electrons. The molecule has 2 aromatic carbocycles. The van der Waals surface area contributed by atoms with Gasteiger partial charge in [-0.15, -0.1) is 0 Å². The summed E-state index contributed by atoms with van der Waals surface area (Å²) in [7, 11) is 2.00. The number of halogens is 1. The van der Waals surface area contributed by atoms with Gasteiger partial charge in [0, 0.05) is 18.1 Å². The van der Waals surface area contributed by atoms with Crippen molar-refractivity contribution in [3.05, 3.63) is 46.4 Å². The van der Waals surface area contributed by atoms with Gasteiger partial charge in [-0.25, -0.2) is 4.63 Å². The van der Waals surface area contributed by atoms with E-state index in [1.54, 1.807) is 0 Å². The van der Waals surface area contributed by atoms with Crippen LogP contribution in [0.15, 0.2) is 45.5 Å². The van der Waals surface area contributed by atoms with Crippen molar-refractivity contribution in [3.8, 4) is 0 Å². The number of benzene rings is 2. The van der Waals surface area contributed by atoms with Crippen molar-refractivity contribution in [3.63, 3.8) is 0 Å². The topological polar surface area (TPSA) is 68.2 Å². The number of anilines is 2. The molecule has 0 fully saturated rings. The Bertz CT molecular complexity index is 739. The van der Waals surface area contributed by atoms with Crippen LogP contribution in [0.4, 0.5) is 11.4 Å². The molecule has 0 aliphatic rings. The third-order valence-electron chi connectivity index (χ3n) is 3.17. The zero-order valence-corrected chi connectivity index (χ0v) is 12.5. The second-order valence-electron chi connectivity index (χ2n) is 4.62. The van der Waals surface area contributed by atoms with Crippen molar-refractivity contribution in [1.82, 2.24) is 10.3 Å². The number of nitrogens with two attached hydrogens (primary N) is 1. The van der Waals surface area contributed by atoms with Crippen LogP contribution in [-0.2, 0) is 6.54 Å². The molecule has 0 amide bonds. The van der Waals surface area contributed by atoms with Crippen LogP contribution in [0.3, 0.4) is 0 Å². The standard InChI is InChI=1S/C14H13BrN4O/c1-19(8-9-2-4-10(15)5-3-9)12-7-6-11(16)13-14(12)18-20-17-13/h2-7H,8,16H2,1H3. The fourth-order valence-corrected chi connectivity index (χ4v) is 2.39. The van der Waals surface area contributed by atoms with Crippen molar-refractivity contribution in [2.24, 2.45) is 0 Å². The number of hydrogen-bond acceptors (Lipinski definition) is 5. The van der Waals surface area contributed by atoms with Crippen LogP contribution in [0.2, 0.25) is 0 Å². The zero-order valence-electron chi connectivity index (χ0n) is 10.9. The van der Waals surface area contributed by atoms with Crippen molar-refractivity contribution >= 4 is 38.3 Å². The number of rotatable bonds is 3. The molecule has 0 bridgehead atoms. The van der Waals surface area contributed by atoms with Crippen molar-refractivity contribution in [2.75, 3.05) is 17.7 Å². The van der Waals surface area contributed by atoms with Gasteiger partial charge in [0.05, 0.1) is 11.4 Å². The molecule has 0 unspecified atom stereocenters. The molecule has 3 aromatic rings. The minimum atomic E-state index is 0.571. The van der Waals surface area contributed by atoms with E-state index in [1.165, 1.54) is 5.56 Å². The molecular weight excluding hydrogens is 320 g/mol. The van der Waals surface area contributed by atoms with Crippen LogP contribution in [0, 0.1) is 0 Å². The van der Waals surface area contributed by atoms with E-state index < -0.39 is 0 Å². The average molecular weight is 333 g/mol. The third kappa shape index (κ3) is 2.34. The normalized spacial score (nSPS) is 10.9. The van der Waals surface area contributed by atoms with E-state index in [0.717, 1.165) is 16.7 Å². The van der Waals surface area contributed by atoms with Crippen LogP contribution in [0.1, 0.15) is 5.56 Å². The highest BCUT2D eigenvalue weighted by Gasteiger charge is 2.13.